The molecule has 6 nitrogen and oxygen atoms in total. The first-order chi connectivity index (χ1) is 9.99. The lowest BCUT2D eigenvalue weighted by atomic mass is 9.85. The van der Waals surface area contributed by atoms with E-state index in [-0.39, 0.29) is 28.6 Å². The standard InChI is InChI=1S/C15H14O6/c1-6-3-7-11-12(9(17)4-10(20-2)14(11)19)13(18)8(5-16)15(7)21-6/h4,6,16,18H,3,5H2,1-2H3. The van der Waals surface area contributed by atoms with E-state index in [9.17, 15) is 19.8 Å². The number of benzene rings is 1. The van der Waals surface area contributed by atoms with Gasteiger partial charge in [-0.1, -0.05) is 0 Å². The van der Waals surface area contributed by atoms with Crippen LogP contribution in [0, 0.1) is 0 Å². The molecule has 0 saturated carbocycles. The Hall–Kier alpha value is -2.34. The number of hydrogen-bond donors (Lipinski definition) is 2. The van der Waals surface area contributed by atoms with E-state index in [1.165, 1.54) is 7.11 Å². The summed E-state index contributed by atoms with van der Waals surface area (Å²) < 4.78 is 10.5. The molecule has 110 valence electrons. The fraction of sp³-hybridized carbons (Fsp3) is 0.333. The number of aliphatic hydroxyl groups excluding tert-OH is 1. The smallest absolute Gasteiger partial charge is 0.228 e. The molecule has 1 aliphatic heterocycles. The number of Topliss-reactive ketones (excluding diaryl/α,β-unsaturated/α-hetero) is 1. The van der Waals surface area contributed by atoms with E-state index in [4.69, 9.17) is 9.47 Å². The molecule has 3 rings (SSSR count). The van der Waals surface area contributed by atoms with Gasteiger partial charge >= 0.3 is 0 Å². The molecule has 1 aliphatic carbocycles. The molecule has 6 heteroatoms. The van der Waals surface area contributed by atoms with Crippen molar-refractivity contribution in [3.8, 4) is 11.5 Å². The van der Waals surface area contributed by atoms with Crippen LogP contribution in [0.1, 0.15) is 38.8 Å². The van der Waals surface area contributed by atoms with Gasteiger partial charge in [0.25, 0.3) is 0 Å². The highest BCUT2D eigenvalue weighted by Crippen LogP contribution is 2.45. The third-order valence-electron chi connectivity index (χ3n) is 3.77. The molecule has 0 radical (unpaired) electrons. The quantitative estimate of drug-likeness (QED) is 0.847. The molecule has 0 fully saturated rings. The summed E-state index contributed by atoms with van der Waals surface area (Å²) in [6.45, 7) is 1.34. The van der Waals surface area contributed by atoms with Crippen LogP contribution in [0.3, 0.4) is 0 Å². The average Bonchev–Trinajstić information content (AvgIpc) is 2.82. The molecule has 2 aliphatic rings. The van der Waals surface area contributed by atoms with Gasteiger partial charge in [0.15, 0.2) is 11.5 Å². The van der Waals surface area contributed by atoms with E-state index >= 15 is 0 Å². The van der Waals surface area contributed by atoms with Gasteiger partial charge in [-0.25, -0.2) is 0 Å². The predicted molar refractivity (Wildman–Crippen MR) is 71.6 cm³/mol. The molecule has 1 aromatic rings. The van der Waals surface area contributed by atoms with E-state index in [2.05, 4.69) is 0 Å². The van der Waals surface area contributed by atoms with Crippen molar-refractivity contribution in [3.63, 3.8) is 0 Å². The van der Waals surface area contributed by atoms with Crippen molar-refractivity contribution in [2.24, 2.45) is 0 Å². The zero-order valence-electron chi connectivity index (χ0n) is 11.6. The van der Waals surface area contributed by atoms with E-state index in [0.29, 0.717) is 17.7 Å². The maximum absolute atomic E-state index is 12.4. The number of aromatic hydroxyl groups is 1. The zero-order chi connectivity index (χ0) is 15.3. The first kappa shape index (κ1) is 13.6. The number of carbonyl (C=O) groups excluding carboxylic acids is 2. The van der Waals surface area contributed by atoms with Crippen molar-refractivity contribution in [1.29, 1.82) is 0 Å². The summed E-state index contributed by atoms with van der Waals surface area (Å²) in [7, 11) is 1.31. The average molecular weight is 290 g/mol. The summed E-state index contributed by atoms with van der Waals surface area (Å²) in [5.41, 5.74) is 0.721. The molecule has 1 unspecified atom stereocenters. The monoisotopic (exact) mass is 290 g/mol. The molecule has 0 amide bonds. The number of ketones is 2. The summed E-state index contributed by atoms with van der Waals surface area (Å²) in [5, 5.41) is 19.7. The number of rotatable bonds is 2. The van der Waals surface area contributed by atoms with E-state index in [1.807, 2.05) is 6.92 Å². The summed E-state index contributed by atoms with van der Waals surface area (Å²) in [6.07, 6.45) is 1.29. The molecule has 2 N–H and O–H groups in total. The van der Waals surface area contributed by atoms with Gasteiger partial charge in [0.05, 0.1) is 24.8 Å². The highest BCUT2D eigenvalue weighted by atomic mass is 16.5. The Morgan fingerprint density at radius 3 is 2.71 bits per heavy atom. The number of phenols is 1. The van der Waals surface area contributed by atoms with E-state index in [0.717, 1.165) is 6.08 Å². The number of methoxy groups -OCH3 is 1. The van der Waals surface area contributed by atoms with E-state index in [1.54, 1.807) is 0 Å². The Labute approximate surface area is 120 Å². The SMILES string of the molecule is COC1=CC(=O)c2c(O)c(CO)c3c(c2C1=O)CC(C)O3. The predicted octanol–water partition coefficient (Wildman–Crippen LogP) is 1.12. The molecule has 21 heavy (non-hydrogen) atoms. The summed E-state index contributed by atoms with van der Waals surface area (Å²) in [6, 6.07) is 0. The van der Waals surface area contributed by atoms with Crippen molar-refractivity contribution < 1.29 is 29.3 Å². The van der Waals surface area contributed by atoms with Gasteiger partial charge in [0.2, 0.25) is 5.78 Å². The van der Waals surface area contributed by atoms with Crippen LogP contribution in [-0.2, 0) is 17.8 Å². The topological polar surface area (TPSA) is 93.1 Å². The minimum atomic E-state index is -0.518. The molecule has 1 heterocycles. The maximum atomic E-state index is 12.4. The van der Waals surface area contributed by atoms with Crippen LogP contribution in [-0.4, -0.2) is 35.0 Å². The fourth-order valence-corrected chi connectivity index (χ4v) is 2.86. The van der Waals surface area contributed by atoms with E-state index < -0.39 is 23.9 Å². The van der Waals surface area contributed by atoms with Crippen LogP contribution >= 0.6 is 0 Å². The van der Waals surface area contributed by atoms with Crippen molar-refractivity contribution in [1.82, 2.24) is 0 Å². The van der Waals surface area contributed by atoms with Gasteiger partial charge in [0, 0.05) is 23.6 Å². The molecular formula is C15H14O6. The second-order valence-electron chi connectivity index (χ2n) is 5.08. The third kappa shape index (κ3) is 1.76. The molecule has 1 aromatic carbocycles. The number of aliphatic hydroxyl groups is 1. The number of fused-ring (bicyclic) bond motifs is 3. The van der Waals surface area contributed by atoms with Crippen molar-refractivity contribution in [2.75, 3.05) is 7.11 Å². The highest BCUT2D eigenvalue weighted by Gasteiger charge is 2.38. The Morgan fingerprint density at radius 2 is 2.10 bits per heavy atom. The van der Waals surface area contributed by atoms with Gasteiger partial charge in [-0.3, -0.25) is 9.59 Å². The minimum Gasteiger partial charge on any atom is -0.507 e. The number of hydrogen-bond acceptors (Lipinski definition) is 6. The van der Waals surface area contributed by atoms with Crippen LogP contribution in [0.25, 0.3) is 0 Å². The van der Waals surface area contributed by atoms with Crippen LogP contribution < -0.4 is 4.74 Å². The summed E-state index contributed by atoms with van der Waals surface area (Å²) in [4.78, 5) is 24.6. The van der Waals surface area contributed by atoms with Gasteiger partial charge < -0.3 is 19.7 Å². The first-order valence-corrected chi connectivity index (χ1v) is 6.52. The van der Waals surface area contributed by atoms with Gasteiger partial charge in [-0.2, -0.15) is 0 Å². The Kier molecular flexibility index (Phi) is 2.98. The number of allylic oxidation sites excluding steroid dienone is 2. The first-order valence-electron chi connectivity index (χ1n) is 6.52. The molecule has 0 bridgehead atoms. The Bertz CT molecular complexity index is 701. The maximum Gasteiger partial charge on any atom is 0.228 e. The zero-order valence-corrected chi connectivity index (χ0v) is 11.6. The highest BCUT2D eigenvalue weighted by molar-refractivity contribution is 6.25. The lowest BCUT2D eigenvalue weighted by Crippen LogP contribution is -2.21. The van der Waals surface area contributed by atoms with Gasteiger partial charge in [0.1, 0.15) is 17.6 Å². The van der Waals surface area contributed by atoms with Gasteiger partial charge in [-0.05, 0) is 6.92 Å². The molecule has 0 saturated heterocycles. The van der Waals surface area contributed by atoms with Crippen molar-refractivity contribution in [3.05, 3.63) is 34.1 Å². The van der Waals surface area contributed by atoms with Crippen LogP contribution in [0.2, 0.25) is 0 Å². The lowest BCUT2D eigenvalue weighted by Gasteiger charge is -2.20. The van der Waals surface area contributed by atoms with Crippen molar-refractivity contribution in [2.45, 2.75) is 26.1 Å². The fourth-order valence-electron chi connectivity index (χ4n) is 2.86. The number of ether oxygens (including phenoxy) is 2. The molecule has 1 atom stereocenters. The molecule has 0 aromatic heterocycles. The Balaban J connectivity index is 2.36. The van der Waals surface area contributed by atoms with Crippen LogP contribution in [0.5, 0.6) is 11.5 Å². The normalized spacial score (nSPS) is 19.8. The third-order valence-corrected chi connectivity index (χ3v) is 3.77. The van der Waals surface area contributed by atoms with Crippen molar-refractivity contribution >= 4 is 11.6 Å². The second kappa shape index (κ2) is 4.60. The largest absolute Gasteiger partial charge is 0.507 e. The van der Waals surface area contributed by atoms with Crippen LogP contribution in [0.15, 0.2) is 11.8 Å². The Morgan fingerprint density at radius 1 is 1.38 bits per heavy atom. The lowest BCUT2D eigenvalue weighted by molar-refractivity contribution is 0.0913. The number of carbonyl (C=O) groups is 2. The van der Waals surface area contributed by atoms with Crippen LogP contribution in [0.4, 0.5) is 0 Å². The minimum absolute atomic E-state index is 0.0644. The second-order valence-corrected chi connectivity index (χ2v) is 5.08. The summed E-state index contributed by atoms with van der Waals surface area (Å²) in [5.74, 6) is -1.15. The molecule has 0 spiro atoms. The molecular weight excluding hydrogens is 276 g/mol. The van der Waals surface area contributed by atoms with Gasteiger partial charge in [-0.15, -0.1) is 0 Å². The summed E-state index contributed by atoms with van der Waals surface area (Å²) >= 11 is 0.